The van der Waals surface area contributed by atoms with Crippen LogP contribution in [0, 0.1) is 0 Å². The molecular formula is C14H19N3O3. The average Bonchev–Trinajstić information content (AvgIpc) is 2.45. The average molecular weight is 277 g/mol. The second-order valence-electron chi connectivity index (χ2n) is 4.75. The fourth-order valence-corrected chi connectivity index (χ4v) is 2.10. The molecule has 6 nitrogen and oxygen atoms in total. The van der Waals surface area contributed by atoms with Crippen LogP contribution in [-0.4, -0.2) is 50.0 Å². The van der Waals surface area contributed by atoms with E-state index in [1.165, 1.54) is 0 Å². The number of nitrogens with zero attached hydrogens (tertiary/aromatic N) is 1. The highest BCUT2D eigenvalue weighted by Crippen LogP contribution is 2.15. The smallest absolute Gasteiger partial charge is 0.240 e. The van der Waals surface area contributed by atoms with Crippen molar-refractivity contribution in [1.29, 1.82) is 0 Å². The maximum absolute atomic E-state index is 11.9. The summed E-state index contributed by atoms with van der Waals surface area (Å²) in [7, 11) is 3.34. The van der Waals surface area contributed by atoms with Crippen LogP contribution in [0.15, 0.2) is 24.3 Å². The van der Waals surface area contributed by atoms with Gasteiger partial charge < -0.3 is 20.3 Å². The number of carbonyl (C=O) groups is 2. The summed E-state index contributed by atoms with van der Waals surface area (Å²) in [6, 6.07) is 6.63. The summed E-state index contributed by atoms with van der Waals surface area (Å²) in [5, 5.41) is 5.83. The van der Waals surface area contributed by atoms with Crippen molar-refractivity contribution in [2.24, 2.45) is 0 Å². The third kappa shape index (κ3) is 3.48. The first-order chi connectivity index (χ1) is 9.60. The molecule has 0 saturated carbocycles. The van der Waals surface area contributed by atoms with Crippen molar-refractivity contribution in [3.63, 3.8) is 0 Å². The number of rotatable bonds is 4. The summed E-state index contributed by atoms with van der Waals surface area (Å²) in [5.74, 6) is 0.506. The zero-order valence-corrected chi connectivity index (χ0v) is 11.7. The summed E-state index contributed by atoms with van der Waals surface area (Å²) in [4.78, 5) is 25.4. The molecule has 1 aromatic carbocycles. The van der Waals surface area contributed by atoms with Crippen molar-refractivity contribution >= 4 is 17.5 Å². The van der Waals surface area contributed by atoms with Crippen molar-refractivity contribution in [3.05, 3.63) is 24.3 Å². The number of carbonyl (C=O) groups excluding carboxylic acids is 2. The molecule has 0 aromatic heterocycles. The SMILES string of the molecule is COc1ccc(NC(=O)CC2NCCN(C)C2=O)cc1. The van der Waals surface area contributed by atoms with Gasteiger partial charge in [0.05, 0.1) is 19.6 Å². The maximum Gasteiger partial charge on any atom is 0.240 e. The first kappa shape index (κ1) is 14.3. The molecule has 108 valence electrons. The minimum absolute atomic E-state index is 0.0406. The van der Waals surface area contributed by atoms with E-state index in [9.17, 15) is 9.59 Å². The van der Waals surface area contributed by atoms with Gasteiger partial charge in [0, 0.05) is 25.8 Å². The standard InChI is InChI=1S/C14H19N3O3/c1-17-8-7-15-12(14(17)19)9-13(18)16-10-3-5-11(20-2)6-4-10/h3-6,12,15H,7-9H2,1-2H3,(H,16,18). The molecule has 1 heterocycles. The molecule has 2 rings (SSSR count). The van der Waals surface area contributed by atoms with Gasteiger partial charge in [0.25, 0.3) is 0 Å². The fourth-order valence-electron chi connectivity index (χ4n) is 2.10. The molecule has 2 amide bonds. The lowest BCUT2D eigenvalue weighted by Crippen LogP contribution is -2.54. The number of nitrogens with one attached hydrogen (secondary N) is 2. The second kappa shape index (κ2) is 6.38. The maximum atomic E-state index is 11.9. The summed E-state index contributed by atoms with van der Waals surface area (Å²) < 4.78 is 5.05. The van der Waals surface area contributed by atoms with Gasteiger partial charge in [-0.25, -0.2) is 0 Å². The minimum atomic E-state index is -0.438. The number of hydrogen-bond acceptors (Lipinski definition) is 4. The molecular weight excluding hydrogens is 258 g/mol. The van der Waals surface area contributed by atoms with Crippen molar-refractivity contribution in [3.8, 4) is 5.75 Å². The first-order valence-corrected chi connectivity index (χ1v) is 6.52. The highest BCUT2D eigenvalue weighted by atomic mass is 16.5. The lowest BCUT2D eigenvalue weighted by molar-refractivity contribution is -0.136. The molecule has 20 heavy (non-hydrogen) atoms. The Kier molecular flexibility index (Phi) is 4.57. The molecule has 0 spiro atoms. The summed E-state index contributed by atoms with van der Waals surface area (Å²) >= 11 is 0. The molecule has 0 radical (unpaired) electrons. The van der Waals surface area contributed by atoms with Crippen LogP contribution in [0.1, 0.15) is 6.42 Å². The number of likely N-dealkylation sites (N-methyl/N-ethyl adjacent to an activating group) is 1. The van der Waals surface area contributed by atoms with Crippen LogP contribution in [0.25, 0.3) is 0 Å². The molecule has 1 aliphatic rings. The zero-order valence-electron chi connectivity index (χ0n) is 11.7. The van der Waals surface area contributed by atoms with Gasteiger partial charge in [-0.2, -0.15) is 0 Å². The normalized spacial score (nSPS) is 18.8. The van der Waals surface area contributed by atoms with Gasteiger partial charge in [-0.15, -0.1) is 0 Å². The van der Waals surface area contributed by atoms with Gasteiger partial charge in [0.15, 0.2) is 0 Å². The van der Waals surface area contributed by atoms with Crippen LogP contribution in [-0.2, 0) is 9.59 Å². The monoisotopic (exact) mass is 277 g/mol. The lowest BCUT2D eigenvalue weighted by Gasteiger charge is -2.29. The van der Waals surface area contributed by atoms with Gasteiger partial charge in [0.2, 0.25) is 11.8 Å². The second-order valence-corrected chi connectivity index (χ2v) is 4.75. The Morgan fingerprint density at radius 3 is 2.80 bits per heavy atom. The number of amides is 2. The number of hydrogen-bond donors (Lipinski definition) is 2. The van der Waals surface area contributed by atoms with E-state index in [0.29, 0.717) is 18.8 Å². The van der Waals surface area contributed by atoms with Crippen molar-refractivity contribution in [2.75, 3.05) is 32.6 Å². The number of ether oxygens (including phenoxy) is 1. The van der Waals surface area contributed by atoms with Crippen LogP contribution in [0.3, 0.4) is 0 Å². The highest BCUT2D eigenvalue weighted by Gasteiger charge is 2.27. The number of piperazine rings is 1. The van der Waals surface area contributed by atoms with Gasteiger partial charge in [-0.05, 0) is 24.3 Å². The quantitative estimate of drug-likeness (QED) is 0.838. The Hall–Kier alpha value is -2.08. The Labute approximate surface area is 118 Å². The Bertz CT molecular complexity index is 487. The fraction of sp³-hybridized carbons (Fsp3) is 0.429. The van der Waals surface area contributed by atoms with Crippen LogP contribution in [0.4, 0.5) is 5.69 Å². The molecule has 1 unspecified atom stereocenters. The van der Waals surface area contributed by atoms with Gasteiger partial charge in [-0.3, -0.25) is 9.59 Å². The largest absolute Gasteiger partial charge is 0.497 e. The van der Waals surface area contributed by atoms with E-state index in [1.807, 2.05) is 0 Å². The summed E-state index contributed by atoms with van der Waals surface area (Å²) in [5.41, 5.74) is 0.687. The van der Waals surface area contributed by atoms with E-state index in [0.717, 1.165) is 5.75 Å². The van der Waals surface area contributed by atoms with E-state index < -0.39 is 6.04 Å². The molecule has 0 bridgehead atoms. The Morgan fingerprint density at radius 1 is 1.45 bits per heavy atom. The highest BCUT2D eigenvalue weighted by molar-refractivity contribution is 5.95. The zero-order chi connectivity index (χ0) is 14.5. The van der Waals surface area contributed by atoms with Crippen molar-refractivity contribution in [1.82, 2.24) is 10.2 Å². The predicted octanol–water partition coefficient (Wildman–Crippen LogP) is 0.454. The molecule has 0 aliphatic carbocycles. The van der Waals surface area contributed by atoms with Crippen LogP contribution in [0.2, 0.25) is 0 Å². The number of benzene rings is 1. The van der Waals surface area contributed by atoms with Gasteiger partial charge in [0.1, 0.15) is 5.75 Å². The topological polar surface area (TPSA) is 70.7 Å². The first-order valence-electron chi connectivity index (χ1n) is 6.52. The van der Waals surface area contributed by atoms with Crippen molar-refractivity contribution < 1.29 is 14.3 Å². The van der Waals surface area contributed by atoms with E-state index in [1.54, 1.807) is 43.3 Å². The number of methoxy groups -OCH3 is 1. The molecule has 1 aliphatic heterocycles. The minimum Gasteiger partial charge on any atom is -0.497 e. The lowest BCUT2D eigenvalue weighted by atomic mass is 10.1. The molecule has 1 fully saturated rings. The molecule has 2 N–H and O–H groups in total. The van der Waals surface area contributed by atoms with Crippen LogP contribution < -0.4 is 15.4 Å². The third-order valence-electron chi connectivity index (χ3n) is 3.28. The summed E-state index contributed by atoms with van der Waals surface area (Å²) in [6.07, 6.45) is 0.134. The van der Waals surface area contributed by atoms with Crippen molar-refractivity contribution in [2.45, 2.75) is 12.5 Å². The predicted molar refractivity (Wildman–Crippen MR) is 75.7 cm³/mol. The molecule has 1 aromatic rings. The van der Waals surface area contributed by atoms with E-state index in [-0.39, 0.29) is 18.2 Å². The van der Waals surface area contributed by atoms with E-state index in [2.05, 4.69) is 10.6 Å². The Morgan fingerprint density at radius 2 is 2.15 bits per heavy atom. The molecule has 1 atom stereocenters. The summed E-state index contributed by atoms with van der Waals surface area (Å²) in [6.45, 7) is 1.39. The van der Waals surface area contributed by atoms with E-state index >= 15 is 0 Å². The van der Waals surface area contributed by atoms with Gasteiger partial charge >= 0.3 is 0 Å². The van der Waals surface area contributed by atoms with E-state index in [4.69, 9.17) is 4.74 Å². The molecule has 1 saturated heterocycles. The molecule has 6 heteroatoms. The Balaban J connectivity index is 1.89. The van der Waals surface area contributed by atoms with Crippen LogP contribution >= 0.6 is 0 Å². The van der Waals surface area contributed by atoms with Gasteiger partial charge in [-0.1, -0.05) is 0 Å². The number of anilines is 1. The third-order valence-corrected chi connectivity index (χ3v) is 3.28. The van der Waals surface area contributed by atoms with Crippen LogP contribution in [0.5, 0.6) is 5.75 Å².